The van der Waals surface area contributed by atoms with Crippen LogP contribution in [0.25, 0.3) is 0 Å². The number of anilines is 1. The summed E-state index contributed by atoms with van der Waals surface area (Å²) in [5, 5.41) is 3.56. The maximum Gasteiger partial charge on any atom is 0.283 e. The summed E-state index contributed by atoms with van der Waals surface area (Å²) < 4.78 is 0. The molecule has 22 heavy (non-hydrogen) atoms. The van der Waals surface area contributed by atoms with Crippen molar-refractivity contribution in [2.24, 2.45) is 5.92 Å². The third-order valence-electron chi connectivity index (χ3n) is 3.01. The van der Waals surface area contributed by atoms with E-state index in [4.69, 9.17) is 11.6 Å². The Morgan fingerprint density at radius 3 is 2.68 bits per heavy atom. The van der Waals surface area contributed by atoms with E-state index in [0.29, 0.717) is 16.7 Å². The van der Waals surface area contributed by atoms with E-state index in [-0.39, 0.29) is 5.24 Å². The monoisotopic (exact) mass is 334 g/mol. The number of aromatic nitrogens is 1. The molecule has 0 atom stereocenters. The Labute approximate surface area is 140 Å². The lowest BCUT2D eigenvalue weighted by atomic mass is 10.1. The lowest BCUT2D eigenvalue weighted by Gasteiger charge is -2.11. The van der Waals surface area contributed by atoms with Gasteiger partial charge in [0.25, 0.3) is 5.24 Å². The standard InChI is InChI=1S/C17H19ClN2OS/c1-12(2)10-16-15(4-3-9-19-16)20-17(21)22-11-13-5-7-14(18)8-6-13/h3-9,12H,10-11H2,1-2H3,(H,20,21). The van der Waals surface area contributed by atoms with Crippen LogP contribution >= 0.6 is 23.4 Å². The number of carbonyl (C=O) groups is 1. The smallest absolute Gasteiger partial charge is 0.283 e. The minimum Gasteiger partial charge on any atom is -0.315 e. The average molecular weight is 335 g/mol. The van der Waals surface area contributed by atoms with E-state index in [0.717, 1.165) is 23.4 Å². The lowest BCUT2D eigenvalue weighted by molar-refractivity contribution is 0.269. The largest absolute Gasteiger partial charge is 0.315 e. The van der Waals surface area contributed by atoms with Crippen LogP contribution in [-0.4, -0.2) is 10.2 Å². The van der Waals surface area contributed by atoms with E-state index >= 15 is 0 Å². The predicted octanol–water partition coefficient (Wildman–Crippen LogP) is 5.40. The second-order valence-corrected chi connectivity index (χ2v) is 6.81. The predicted molar refractivity (Wildman–Crippen MR) is 94.5 cm³/mol. The van der Waals surface area contributed by atoms with E-state index in [1.54, 1.807) is 6.20 Å². The number of thioether (sulfide) groups is 1. The quantitative estimate of drug-likeness (QED) is 0.796. The number of carbonyl (C=O) groups excluding carboxylic acids is 1. The highest BCUT2D eigenvalue weighted by atomic mass is 35.5. The van der Waals surface area contributed by atoms with Gasteiger partial charge in [0.15, 0.2) is 0 Å². The first-order valence-electron chi connectivity index (χ1n) is 7.16. The molecule has 0 saturated carbocycles. The van der Waals surface area contributed by atoms with E-state index in [2.05, 4.69) is 24.1 Å². The van der Waals surface area contributed by atoms with Crippen LogP contribution in [0.15, 0.2) is 42.6 Å². The molecule has 1 aromatic heterocycles. The number of halogens is 1. The van der Waals surface area contributed by atoms with Crippen molar-refractivity contribution in [1.29, 1.82) is 0 Å². The third kappa shape index (κ3) is 5.35. The van der Waals surface area contributed by atoms with Gasteiger partial charge in [0.1, 0.15) is 0 Å². The van der Waals surface area contributed by atoms with Crippen LogP contribution in [-0.2, 0) is 12.2 Å². The van der Waals surface area contributed by atoms with Gasteiger partial charge in [0.05, 0.1) is 11.4 Å². The molecule has 0 aliphatic rings. The van der Waals surface area contributed by atoms with Crippen LogP contribution in [0.2, 0.25) is 5.02 Å². The van der Waals surface area contributed by atoms with Gasteiger partial charge in [0.2, 0.25) is 0 Å². The first-order chi connectivity index (χ1) is 10.5. The molecule has 0 aliphatic heterocycles. The Kier molecular flexibility index (Phi) is 6.28. The SMILES string of the molecule is CC(C)Cc1ncccc1NC(=O)SCc1ccc(Cl)cc1. The summed E-state index contributed by atoms with van der Waals surface area (Å²) in [5.41, 5.74) is 2.79. The average Bonchev–Trinajstić information content (AvgIpc) is 2.48. The Morgan fingerprint density at radius 1 is 1.27 bits per heavy atom. The zero-order valence-corrected chi connectivity index (χ0v) is 14.2. The van der Waals surface area contributed by atoms with Crippen molar-refractivity contribution in [2.45, 2.75) is 26.0 Å². The molecule has 1 heterocycles. The minimum absolute atomic E-state index is 0.0760. The number of rotatable bonds is 5. The Morgan fingerprint density at radius 2 is 2.00 bits per heavy atom. The lowest BCUT2D eigenvalue weighted by Crippen LogP contribution is -2.10. The molecule has 0 saturated heterocycles. The zero-order valence-electron chi connectivity index (χ0n) is 12.7. The molecule has 3 nitrogen and oxygen atoms in total. The van der Waals surface area contributed by atoms with Gasteiger partial charge >= 0.3 is 0 Å². The van der Waals surface area contributed by atoms with Crippen molar-refractivity contribution in [3.05, 3.63) is 58.9 Å². The highest BCUT2D eigenvalue weighted by Crippen LogP contribution is 2.21. The summed E-state index contributed by atoms with van der Waals surface area (Å²) in [4.78, 5) is 16.4. The van der Waals surface area contributed by atoms with Crippen molar-refractivity contribution in [3.63, 3.8) is 0 Å². The maximum atomic E-state index is 12.1. The molecule has 0 fully saturated rings. The van der Waals surface area contributed by atoms with Crippen LogP contribution in [0, 0.1) is 5.92 Å². The number of hydrogen-bond acceptors (Lipinski definition) is 3. The first kappa shape index (κ1) is 16.8. The Balaban J connectivity index is 1.93. The number of benzene rings is 1. The van der Waals surface area contributed by atoms with E-state index in [1.165, 1.54) is 11.8 Å². The first-order valence-corrected chi connectivity index (χ1v) is 8.53. The fourth-order valence-electron chi connectivity index (χ4n) is 1.98. The highest BCUT2D eigenvalue weighted by Gasteiger charge is 2.09. The summed E-state index contributed by atoms with van der Waals surface area (Å²) in [6, 6.07) is 11.2. The minimum atomic E-state index is -0.0760. The molecule has 116 valence electrons. The Bertz CT molecular complexity index is 629. The van der Waals surface area contributed by atoms with Crippen LogP contribution < -0.4 is 5.32 Å². The molecule has 2 aromatic rings. The normalized spacial score (nSPS) is 10.7. The van der Waals surface area contributed by atoms with Crippen LogP contribution in [0.3, 0.4) is 0 Å². The van der Waals surface area contributed by atoms with Crippen molar-refractivity contribution >= 4 is 34.3 Å². The van der Waals surface area contributed by atoms with Crippen molar-refractivity contribution in [1.82, 2.24) is 4.98 Å². The van der Waals surface area contributed by atoms with Crippen LogP contribution in [0.1, 0.15) is 25.1 Å². The van der Waals surface area contributed by atoms with Gasteiger partial charge < -0.3 is 5.32 Å². The summed E-state index contributed by atoms with van der Waals surface area (Å²) in [6.07, 6.45) is 2.60. The number of nitrogens with one attached hydrogen (secondary N) is 1. The van der Waals surface area contributed by atoms with Gasteiger partial charge in [-0.25, -0.2) is 0 Å². The number of hydrogen-bond donors (Lipinski definition) is 1. The molecule has 0 spiro atoms. The molecule has 0 radical (unpaired) electrons. The molecule has 0 unspecified atom stereocenters. The molecular weight excluding hydrogens is 316 g/mol. The summed E-state index contributed by atoms with van der Waals surface area (Å²) in [6.45, 7) is 4.27. The van der Waals surface area contributed by atoms with Gasteiger partial charge in [0, 0.05) is 17.0 Å². The molecule has 1 aromatic carbocycles. The van der Waals surface area contributed by atoms with Gasteiger partial charge in [-0.05, 0) is 42.2 Å². The number of pyridine rings is 1. The topological polar surface area (TPSA) is 42.0 Å². The van der Waals surface area contributed by atoms with Crippen molar-refractivity contribution in [3.8, 4) is 0 Å². The third-order valence-corrected chi connectivity index (χ3v) is 4.11. The van der Waals surface area contributed by atoms with Gasteiger partial charge in [-0.1, -0.05) is 49.3 Å². The highest BCUT2D eigenvalue weighted by molar-refractivity contribution is 8.13. The molecule has 0 bridgehead atoms. The molecule has 1 amide bonds. The zero-order chi connectivity index (χ0) is 15.9. The summed E-state index contributed by atoms with van der Waals surface area (Å²) in [7, 11) is 0. The molecular formula is C17H19ClN2OS. The van der Waals surface area contributed by atoms with Gasteiger partial charge in [-0.2, -0.15) is 0 Å². The van der Waals surface area contributed by atoms with E-state index in [1.807, 2.05) is 36.4 Å². The molecule has 2 rings (SSSR count). The second-order valence-electron chi connectivity index (χ2n) is 5.42. The summed E-state index contributed by atoms with van der Waals surface area (Å²) >= 11 is 7.08. The second kappa shape index (κ2) is 8.20. The maximum absolute atomic E-state index is 12.1. The fourth-order valence-corrected chi connectivity index (χ4v) is 2.78. The number of amides is 1. The molecule has 0 aliphatic carbocycles. The Hall–Kier alpha value is -1.52. The molecule has 5 heteroatoms. The fraction of sp³-hybridized carbons (Fsp3) is 0.294. The summed E-state index contributed by atoms with van der Waals surface area (Å²) in [5.74, 6) is 1.11. The van der Waals surface area contributed by atoms with Crippen LogP contribution in [0.5, 0.6) is 0 Å². The van der Waals surface area contributed by atoms with E-state index in [9.17, 15) is 4.79 Å². The van der Waals surface area contributed by atoms with Crippen molar-refractivity contribution in [2.75, 3.05) is 5.32 Å². The van der Waals surface area contributed by atoms with Gasteiger partial charge in [-0.15, -0.1) is 0 Å². The van der Waals surface area contributed by atoms with Gasteiger partial charge in [-0.3, -0.25) is 9.78 Å². The van der Waals surface area contributed by atoms with Crippen LogP contribution in [0.4, 0.5) is 10.5 Å². The molecule has 1 N–H and O–H groups in total. The van der Waals surface area contributed by atoms with Crippen molar-refractivity contribution < 1.29 is 4.79 Å². The number of nitrogens with zero attached hydrogens (tertiary/aromatic N) is 1. The van der Waals surface area contributed by atoms with E-state index < -0.39 is 0 Å².